The van der Waals surface area contributed by atoms with Crippen molar-refractivity contribution in [1.29, 1.82) is 0 Å². The molecule has 1 aromatic heterocycles. The third-order valence-electron chi connectivity index (χ3n) is 4.82. The lowest BCUT2D eigenvalue weighted by Crippen LogP contribution is -2.41. The second kappa shape index (κ2) is 5.05. The summed E-state index contributed by atoms with van der Waals surface area (Å²) in [6.45, 7) is 1.58. The standard InChI is InChI=1S/C14H22N4O2S/c19-21(20,12-6-7-12)18-8-2-1-3-13(18)14-16-15-10-17(14)9-11-4-5-11/h10-13H,1-9H2/t13-/m1/s1. The van der Waals surface area contributed by atoms with Crippen molar-refractivity contribution in [1.82, 2.24) is 19.1 Å². The third-order valence-corrected chi connectivity index (χ3v) is 7.23. The predicted molar refractivity (Wildman–Crippen MR) is 78.0 cm³/mol. The zero-order valence-electron chi connectivity index (χ0n) is 12.2. The Bertz CT molecular complexity index is 619. The zero-order chi connectivity index (χ0) is 14.4. The average Bonchev–Trinajstić information content (AvgIpc) is 3.37. The van der Waals surface area contributed by atoms with E-state index in [-0.39, 0.29) is 11.3 Å². The number of hydrogen-bond donors (Lipinski definition) is 0. The Labute approximate surface area is 125 Å². The summed E-state index contributed by atoms with van der Waals surface area (Å²) in [7, 11) is -3.14. The fourth-order valence-electron chi connectivity index (χ4n) is 3.27. The molecule has 2 saturated carbocycles. The largest absolute Gasteiger partial charge is 0.316 e. The van der Waals surface area contributed by atoms with Crippen LogP contribution in [0.25, 0.3) is 0 Å². The van der Waals surface area contributed by atoms with E-state index < -0.39 is 10.0 Å². The highest BCUT2D eigenvalue weighted by Crippen LogP contribution is 2.39. The first-order valence-electron chi connectivity index (χ1n) is 8.04. The molecule has 3 aliphatic rings. The molecule has 0 unspecified atom stereocenters. The number of rotatable bonds is 5. The monoisotopic (exact) mass is 310 g/mol. The van der Waals surface area contributed by atoms with Gasteiger partial charge in [-0.1, -0.05) is 6.42 Å². The van der Waals surface area contributed by atoms with Crippen molar-refractivity contribution in [2.24, 2.45) is 5.92 Å². The smallest absolute Gasteiger partial charge is 0.217 e. The normalized spacial score (nSPS) is 27.9. The number of hydrogen-bond acceptors (Lipinski definition) is 4. The van der Waals surface area contributed by atoms with Gasteiger partial charge in [0.05, 0.1) is 11.3 Å². The van der Waals surface area contributed by atoms with Crippen LogP contribution in [-0.4, -0.2) is 39.3 Å². The van der Waals surface area contributed by atoms with Gasteiger partial charge in [-0.05, 0) is 44.4 Å². The van der Waals surface area contributed by atoms with Crippen LogP contribution in [-0.2, 0) is 16.6 Å². The molecule has 0 bridgehead atoms. The molecular weight excluding hydrogens is 288 g/mol. The van der Waals surface area contributed by atoms with Gasteiger partial charge in [0.1, 0.15) is 6.33 Å². The van der Waals surface area contributed by atoms with Gasteiger partial charge in [0.25, 0.3) is 0 Å². The second-order valence-electron chi connectivity index (χ2n) is 6.65. The Morgan fingerprint density at radius 3 is 2.67 bits per heavy atom. The minimum absolute atomic E-state index is 0.106. The van der Waals surface area contributed by atoms with Gasteiger partial charge in [-0.2, -0.15) is 4.31 Å². The summed E-state index contributed by atoms with van der Waals surface area (Å²) >= 11 is 0. The number of piperidine rings is 1. The van der Waals surface area contributed by atoms with E-state index >= 15 is 0 Å². The van der Waals surface area contributed by atoms with Crippen molar-refractivity contribution in [3.8, 4) is 0 Å². The van der Waals surface area contributed by atoms with Crippen molar-refractivity contribution >= 4 is 10.0 Å². The van der Waals surface area contributed by atoms with Gasteiger partial charge in [-0.3, -0.25) is 0 Å². The number of sulfonamides is 1. The van der Waals surface area contributed by atoms with E-state index in [2.05, 4.69) is 14.8 Å². The van der Waals surface area contributed by atoms with Gasteiger partial charge in [0.15, 0.2) is 5.82 Å². The molecule has 1 aliphatic heterocycles. The lowest BCUT2D eigenvalue weighted by molar-refractivity contribution is 0.239. The lowest BCUT2D eigenvalue weighted by atomic mass is 10.0. The maximum absolute atomic E-state index is 12.7. The SMILES string of the molecule is O=S(=O)(C1CC1)N1CCCC[C@@H]1c1nncn1CC1CC1. The Hall–Kier alpha value is -0.950. The molecule has 21 heavy (non-hydrogen) atoms. The van der Waals surface area contributed by atoms with Crippen LogP contribution in [0.15, 0.2) is 6.33 Å². The molecule has 1 atom stereocenters. The van der Waals surface area contributed by atoms with Gasteiger partial charge in [-0.25, -0.2) is 8.42 Å². The Morgan fingerprint density at radius 2 is 1.95 bits per heavy atom. The minimum Gasteiger partial charge on any atom is -0.316 e. The summed E-state index contributed by atoms with van der Waals surface area (Å²) in [5, 5.41) is 8.18. The van der Waals surface area contributed by atoms with Gasteiger partial charge >= 0.3 is 0 Å². The first-order chi connectivity index (χ1) is 10.2. The molecule has 0 amide bonds. The highest BCUT2D eigenvalue weighted by molar-refractivity contribution is 7.90. The van der Waals surface area contributed by atoms with Crippen LogP contribution in [0.1, 0.15) is 56.8 Å². The molecule has 0 N–H and O–H groups in total. The lowest BCUT2D eigenvalue weighted by Gasteiger charge is -2.34. The molecule has 0 radical (unpaired) electrons. The second-order valence-corrected chi connectivity index (χ2v) is 8.82. The van der Waals surface area contributed by atoms with Crippen LogP contribution in [0.3, 0.4) is 0 Å². The van der Waals surface area contributed by atoms with Crippen molar-refractivity contribution in [3.05, 3.63) is 12.2 Å². The molecular formula is C14H22N4O2S. The first-order valence-corrected chi connectivity index (χ1v) is 9.55. The average molecular weight is 310 g/mol. The van der Waals surface area contributed by atoms with E-state index in [0.717, 1.165) is 50.4 Å². The van der Waals surface area contributed by atoms with Crippen molar-refractivity contribution in [2.75, 3.05) is 6.54 Å². The summed E-state index contributed by atoms with van der Waals surface area (Å²) in [5.41, 5.74) is 0. The van der Waals surface area contributed by atoms with Crippen molar-refractivity contribution in [3.63, 3.8) is 0 Å². The Kier molecular flexibility index (Phi) is 3.29. The molecule has 0 aromatic carbocycles. The third kappa shape index (κ3) is 2.61. The van der Waals surface area contributed by atoms with Gasteiger partial charge in [0.2, 0.25) is 10.0 Å². The summed E-state index contributed by atoms with van der Waals surface area (Å²) < 4.78 is 29.1. The van der Waals surface area contributed by atoms with Crippen molar-refractivity contribution < 1.29 is 8.42 Å². The minimum atomic E-state index is -3.14. The summed E-state index contributed by atoms with van der Waals surface area (Å²) in [6, 6.07) is -0.106. The van der Waals surface area contributed by atoms with Gasteiger partial charge in [0, 0.05) is 13.1 Å². The van der Waals surface area contributed by atoms with E-state index in [1.165, 1.54) is 12.8 Å². The Morgan fingerprint density at radius 1 is 1.14 bits per heavy atom. The van der Waals surface area contributed by atoms with E-state index in [1.807, 2.05) is 0 Å². The van der Waals surface area contributed by atoms with E-state index in [9.17, 15) is 8.42 Å². The summed E-state index contributed by atoms with van der Waals surface area (Å²) in [6.07, 6.45) is 8.84. The Balaban J connectivity index is 1.63. The maximum atomic E-state index is 12.7. The topological polar surface area (TPSA) is 68.1 Å². The van der Waals surface area contributed by atoms with E-state index in [4.69, 9.17) is 0 Å². The summed E-state index contributed by atoms with van der Waals surface area (Å²) in [5.74, 6) is 1.59. The maximum Gasteiger partial charge on any atom is 0.217 e. The number of aromatic nitrogens is 3. The molecule has 7 heteroatoms. The van der Waals surface area contributed by atoms with Crippen LogP contribution in [0.4, 0.5) is 0 Å². The fraction of sp³-hybridized carbons (Fsp3) is 0.857. The molecule has 6 nitrogen and oxygen atoms in total. The van der Waals surface area contributed by atoms with Crippen LogP contribution < -0.4 is 0 Å². The van der Waals surface area contributed by atoms with E-state index in [1.54, 1.807) is 10.6 Å². The van der Waals surface area contributed by atoms with E-state index in [0.29, 0.717) is 6.54 Å². The first kappa shape index (κ1) is 13.7. The number of nitrogens with zero attached hydrogens (tertiary/aromatic N) is 4. The molecule has 1 saturated heterocycles. The molecule has 1 aromatic rings. The molecule has 2 heterocycles. The van der Waals surface area contributed by atoms with Crippen LogP contribution in [0.5, 0.6) is 0 Å². The molecule has 2 aliphatic carbocycles. The molecule has 0 spiro atoms. The molecule has 3 fully saturated rings. The van der Waals surface area contributed by atoms with Gasteiger partial charge in [-0.15, -0.1) is 10.2 Å². The summed E-state index contributed by atoms with van der Waals surface area (Å²) in [4.78, 5) is 0. The van der Waals surface area contributed by atoms with Crippen LogP contribution in [0, 0.1) is 5.92 Å². The predicted octanol–water partition coefficient (Wildman–Crippen LogP) is 1.71. The highest BCUT2D eigenvalue weighted by atomic mass is 32.2. The quantitative estimate of drug-likeness (QED) is 0.830. The zero-order valence-corrected chi connectivity index (χ0v) is 13.0. The van der Waals surface area contributed by atoms with Crippen LogP contribution in [0.2, 0.25) is 0 Å². The fourth-order valence-corrected chi connectivity index (χ4v) is 5.32. The highest BCUT2D eigenvalue weighted by Gasteiger charge is 2.45. The van der Waals surface area contributed by atoms with Crippen LogP contribution >= 0.6 is 0 Å². The molecule has 4 rings (SSSR count). The van der Waals surface area contributed by atoms with Crippen molar-refractivity contribution in [2.45, 2.75) is 62.8 Å². The van der Waals surface area contributed by atoms with Gasteiger partial charge < -0.3 is 4.57 Å². The molecule has 116 valence electrons.